The number of hydrogen-bond donors (Lipinski definition) is 1. The van der Waals surface area contributed by atoms with Crippen LogP contribution in [-0.2, 0) is 9.53 Å². The van der Waals surface area contributed by atoms with Crippen LogP contribution in [0.3, 0.4) is 0 Å². The molecule has 4 aromatic rings. The van der Waals surface area contributed by atoms with Gasteiger partial charge in [-0.05, 0) is 37.6 Å². The Morgan fingerprint density at radius 2 is 1.88 bits per heavy atom. The van der Waals surface area contributed by atoms with Crippen molar-refractivity contribution in [1.29, 1.82) is 0 Å². The van der Waals surface area contributed by atoms with Gasteiger partial charge < -0.3 is 19.4 Å². The summed E-state index contributed by atoms with van der Waals surface area (Å²) in [7, 11) is 0. The van der Waals surface area contributed by atoms with Crippen LogP contribution < -0.4 is 10.2 Å². The van der Waals surface area contributed by atoms with E-state index in [2.05, 4.69) is 39.5 Å². The Bertz CT molecular complexity index is 1260. The largest absolute Gasteiger partial charge is 0.459 e. The van der Waals surface area contributed by atoms with Gasteiger partial charge in [0.1, 0.15) is 11.3 Å². The number of ether oxygens (including phenoxy) is 1. The molecule has 0 bridgehead atoms. The van der Waals surface area contributed by atoms with Crippen molar-refractivity contribution < 1.29 is 13.9 Å². The predicted molar refractivity (Wildman–Crippen MR) is 133 cm³/mol. The summed E-state index contributed by atoms with van der Waals surface area (Å²) in [5.74, 6) is 1.64. The molecule has 0 aliphatic carbocycles. The van der Waals surface area contributed by atoms with Crippen molar-refractivity contribution in [2.24, 2.45) is 0 Å². The molecule has 176 valence electrons. The van der Waals surface area contributed by atoms with E-state index in [1.807, 2.05) is 54.0 Å². The number of aryl methyl sites for hydroxylation is 1. The molecule has 8 nitrogen and oxygen atoms in total. The molecule has 3 heterocycles. The zero-order chi connectivity index (χ0) is 23.5. The van der Waals surface area contributed by atoms with Crippen LogP contribution in [0.1, 0.15) is 24.3 Å². The van der Waals surface area contributed by atoms with Crippen molar-refractivity contribution in [2.45, 2.75) is 25.0 Å². The lowest BCUT2D eigenvalue weighted by molar-refractivity contribution is -0.119. The molecular formula is C25H27N5O3S. The monoisotopic (exact) mass is 477 g/mol. The molecule has 0 radical (unpaired) electrons. The van der Waals surface area contributed by atoms with Crippen molar-refractivity contribution >= 4 is 34.6 Å². The maximum atomic E-state index is 12.8. The summed E-state index contributed by atoms with van der Waals surface area (Å²) in [6.07, 6.45) is 0. The third kappa shape index (κ3) is 4.67. The lowest BCUT2D eigenvalue weighted by Gasteiger charge is -2.28. The molecule has 1 aliphatic rings. The maximum absolute atomic E-state index is 12.8. The number of hydrogen-bond acceptors (Lipinski definition) is 7. The Morgan fingerprint density at radius 3 is 2.68 bits per heavy atom. The van der Waals surface area contributed by atoms with Crippen molar-refractivity contribution in [3.8, 4) is 5.69 Å². The third-order valence-electron chi connectivity index (χ3n) is 5.85. The fourth-order valence-corrected chi connectivity index (χ4v) is 4.80. The SMILES string of the molecule is Cc1ccccc1-n1c(SCC(=O)N[C@@H](C)c2cc3ccccc3o2)nnc1N1CCOCC1. The first-order valence-electron chi connectivity index (χ1n) is 11.3. The number of carbonyl (C=O) groups excluding carboxylic acids is 1. The van der Waals surface area contributed by atoms with Crippen LogP contribution >= 0.6 is 11.8 Å². The number of para-hydroxylation sites is 2. The quantitative estimate of drug-likeness (QED) is 0.401. The van der Waals surface area contributed by atoms with Crippen LogP contribution in [-0.4, -0.2) is 52.7 Å². The van der Waals surface area contributed by atoms with Gasteiger partial charge in [0, 0.05) is 18.5 Å². The minimum atomic E-state index is -0.237. The second-order valence-electron chi connectivity index (χ2n) is 8.27. The number of furan rings is 1. The van der Waals surface area contributed by atoms with E-state index in [-0.39, 0.29) is 17.7 Å². The van der Waals surface area contributed by atoms with Gasteiger partial charge in [-0.3, -0.25) is 9.36 Å². The summed E-state index contributed by atoms with van der Waals surface area (Å²) in [5.41, 5.74) is 2.93. The Labute approximate surface area is 202 Å². The van der Waals surface area contributed by atoms with Crippen molar-refractivity contribution in [2.75, 3.05) is 37.0 Å². The van der Waals surface area contributed by atoms with Gasteiger partial charge in [-0.2, -0.15) is 0 Å². The number of nitrogens with zero attached hydrogens (tertiary/aromatic N) is 4. The first-order valence-corrected chi connectivity index (χ1v) is 12.3. The van der Waals surface area contributed by atoms with Gasteiger partial charge >= 0.3 is 0 Å². The molecule has 1 atom stereocenters. The number of morpholine rings is 1. The van der Waals surface area contributed by atoms with E-state index in [1.165, 1.54) is 11.8 Å². The second-order valence-corrected chi connectivity index (χ2v) is 9.21. The Morgan fingerprint density at radius 1 is 1.12 bits per heavy atom. The number of amides is 1. The van der Waals surface area contributed by atoms with Crippen LogP contribution in [0.2, 0.25) is 0 Å². The second kappa shape index (κ2) is 9.90. The summed E-state index contributed by atoms with van der Waals surface area (Å²) in [5, 5.41) is 13.7. The molecule has 34 heavy (non-hydrogen) atoms. The van der Waals surface area contributed by atoms with E-state index in [9.17, 15) is 4.79 Å². The first-order chi connectivity index (χ1) is 16.6. The molecule has 1 saturated heterocycles. The number of anilines is 1. The van der Waals surface area contributed by atoms with Crippen LogP contribution in [0.15, 0.2) is 64.2 Å². The van der Waals surface area contributed by atoms with E-state index in [0.29, 0.717) is 18.4 Å². The number of aromatic nitrogens is 3. The summed E-state index contributed by atoms with van der Waals surface area (Å²) >= 11 is 1.37. The predicted octanol–water partition coefficient (Wildman–Crippen LogP) is 4.13. The van der Waals surface area contributed by atoms with Crippen LogP contribution in [0.4, 0.5) is 5.95 Å². The number of nitrogens with one attached hydrogen (secondary N) is 1. The standard InChI is InChI=1S/C25H27N5O3S/c1-17-7-3-5-9-20(17)30-24(29-11-13-32-14-12-29)27-28-25(30)34-16-23(31)26-18(2)22-15-19-8-4-6-10-21(19)33-22/h3-10,15,18H,11-14,16H2,1-2H3,(H,26,31)/t18-/m0/s1. The molecule has 2 aromatic carbocycles. The van der Waals surface area contributed by atoms with Gasteiger partial charge in [0.15, 0.2) is 5.16 Å². The zero-order valence-corrected chi connectivity index (χ0v) is 20.0. The normalized spacial score (nSPS) is 14.9. The summed E-state index contributed by atoms with van der Waals surface area (Å²) in [4.78, 5) is 15.0. The molecular weight excluding hydrogens is 450 g/mol. The average Bonchev–Trinajstić information content (AvgIpc) is 3.48. The van der Waals surface area contributed by atoms with E-state index >= 15 is 0 Å². The molecule has 9 heteroatoms. The zero-order valence-electron chi connectivity index (χ0n) is 19.2. The van der Waals surface area contributed by atoms with E-state index in [1.54, 1.807) is 0 Å². The van der Waals surface area contributed by atoms with Gasteiger partial charge in [-0.15, -0.1) is 10.2 Å². The molecule has 1 aliphatic heterocycles. The number of fused-ring (bicyclic) bond motifs is 1. The highest BCUT2D eigenvalue weighted by molar-refractivity contribution is 7.99. The van der Waals surface area contributed by atoms with Gasteiger partial charge in [0.2, 0.25) is 11.9 Å². The van der Waals surface area contributed by atoms with E-state index in [0.717, 1.165) is 47.0 Å². The molecule has 0 saturated carbocycles. The van der Waals surface area contributed by atoms with Gasteiger partial charge in [0.05, 0.1) is 30.7 Å². The molecule has 5 rings (SSSR count). The highest BCUT2D eigenvalue weighted by Gasteiger charge is 2.23. The summed E-state index contributed by atoms with van der Waals surface area (Å²) in [6.45, 7) is 6.81. The maximum Gasteiger partial charge on any atom is 0.232 e. The molecule has 2 aromatic heterocycles. The lowest BCUT2D eigenvalue weighted by Crippen LogP contribution is -2.38. The minimum absolute atomic E-state index is 0.0924. The van der Waals surface area contributed by atoms with Crippen molar-refractivity contribution in [3.63, 3.8) is 0 Å². The van der Waals surface area contributed by atoms with Crippen LogP contribution in [0.5, 0.6) is 0 Å². The highest BCUT2D eigenvalue weighted by Crippen LogP contribution is 2.29. The molecule has 0 unspecified atom stereocenters. The van der Waals surface area contributed by atoms with Crippen LogP contribution in [0, 0.1) is 6.92 Å². The smallest absolute Gasteiger partial charge is 0.232 e. The Hall–Kier alpha value is -3.30. The average molecular weight is 478 g/mol. The Balaban J connectivity index is 1.32. The summed E-state index contributed by atoms with van der Waals surface area (Å²) < 4.78 is 13.4. The van der Waals surface area contributed by atoms with Gasteiger partial charge in [0.25, 0.3) is 0 Å². The fraction of sp³-hybridized carbons (Fsp3) is 0.320. The van der Waals surface area contributed by atoms with Crippen molar-refractivity contribution in [1.82, 2.24) is 20.1 Å². The van der Waals surface area contributed by atoms with Gasteiger partial charge in [-0.25, -0.2) is 0 Å². The fourth-order valence-electron chi connectivity index (χ4n) is 4.05. The minimum Gasteiger partial charge on any atom is -0.459 e. The van der Waals surface area contributed by atoms with Crippen molar-refractivity contribution in [3.05, 3.63) is 65.9 Å². The number of benzene rings is 2. The Kier molecular flexibility index (Phi) is 6.55. The molecule has 1 fully saturated rings. The first kappa shape index (κ1) is 22.5. The number of rotatable bonds is 7. The van der Waals surface area contributed by atoms with E-state index in [4.69, 9.17) is 9.15 Å². The van der Waals surface area contributed by atoms with Crippen LogP contribution in [0.25, 0.3) is 16.7 Å². The third-order valence-corrected chi connectivity index (χ3v) is 6.78. The van der Waals surface area contributed by atoms with E-state index < -0.39 is 0 Å². The number of thioether (sulfide) groups is 1. The lowest BCUT2D eigenvalue weighted by atomic mass is 10.2. The molecule has 1 N–H and O–H groups in total. The highest BCUT2D eigenvalue weighted by atomic mass is 32.2. The molecule has 0 spiro atoms. The molecule has 1 amide bonds. The van der Waals surface area contributed by atoms with Gasteiger partial charge in [-0.1, -0.05) is 48.2 Å². The number of carbonyl (C=O) groups is 1. The topological polar surface area (TPSA) is 85.4 Å². The summed E-state index contributed by atoms with van der Waals surface area (Å²) in [6, 6.07) is 17.7.